The van der Waals surface area contributed by atoms with Gasteiger partial charge >= 0.3 is 0 Å². The molecule has 2 rings (SSSR count). The predicted octanol–water partition coefficient (Wildman–Crippen LogP) is 2.92. The van der Waals surface area contributed by atoms with Gasteiger partial charge in [0.1, 0.15) is 12.0 Å². The number of carbonyl (C=O) groups is 1. The van der Waals surface area contributed by atoms with Crippen molar-refractivity contribution in [2.24, 2.45) is 0 Å². The third-order valence-electron chi connectivity index (χ3n) is 3.51. The number of alkyl halides is 1. The molecule has 0 saturated carbocycles. The molecule has 0 unspecified atom stereocenters. The van der Waals surface area contributed by atoms with E-state index in [1.165, 1.54) is 0 Å². The monoisotopic (exact) mass is 363 g/mol. The average Bonchev–Trinajstić information content (AvgIpc) is 2.66. The molecule has 0 spiro atoms. The van der Waals surface area contributed by atoms with Gasteiger partial charge in [0.25, 0.3) is 0 Å². The number of ether oxygens (including phenoxy) is 2. The van der Waals surface area contributed by atoms with Crippen molar-refractivity contribution < 1.29 is 19.4 Å². The zero-order chi connectivity index (χ0) is 18.1. The Morgan fingerprint density at radius 1 is 1.12 bits per heavy atom. The first-order valence-corrected chi connectivity index (χ1v) is 8.63. The topological polar surface area (TPSA) is 67.8 Å². The Kier molecular flexibility index (Phi) is 7.57. The first-order chi connectivity index (χ1) is 12.2. The lowest BCUT2D eigenvalue weighted by atomic mass is 10.0. The Morgan fingerprint density at radius 2 is 1.76 bits per heavy atom. The molecule has 1 amide bonds. The van der Waals surface area contributed by atoms with Crippen LogP contribution in [-0.2, 0) is 4.79 Å². The van der Waals surface area contributed by atoms with Crippen LogP contribution in [0.2, 0.25) is 0 Å². The van der Waals surface area contributed by atoms with Crippen molar-refractivity contribution in [3.63, 3.8) is 0 Å². The first kappa shape index (κ1) is 19.1. The lowest BCUT2D eigenvalue weighted by molar-refractivity contribution is -0.119. The molecular formula is C19H22ClNO4. The van der Waals surface area contributed by atoms with E-state index < -0.39 is 12.2 Å². The molecule has 0 aliphatic heterocycles. The Bertz CT molecular complexity index is 665. The van der Waals surface area contributed by atoms with E-state index in [0.717, 1.165) is 5.56 Å². The Morgan fingerprint density at radius 3 is 2.40 bits per heavy atom. The summed E-state index contributed by atoms with van der Waals surface area (Å²) in [5, 5.41) is 13.1. The molecule has 6 heteroatoms. The summed E-state index contributed by atoms with van der Waals surface area (Å²) in [5.74, 6) is 0.627. The summed E-state index contributed by atoms with van der Waals surface area (Å²) in [6.07, 6.45) is -1.62. The molecule has 134 valence electrons. The summed E-state index contributed by atoms with van der Waals surface area (Å²) in [5.41, 5.74) is 0.793. The van der Waals surface area contributed by atoms with Crippen LogP contribution < -0.4 is 14.8 Å². The lowest BCUT2D eigenvalue weighted by Gasteiger charge is -2.26. The highest BCUT2D eigenvalue weighted by Gasteiger charge is 2.24. The van der Waals surface area contributed by atoms with Crippen LogP contribution in [0.15, 0.2) is 54.6 Å². The van der Waals surface area contributed by atoms with Crippen molar-refractivity contribution in [1.82, 2.24) is 5.32 Å². The summed E-state index contributed by atoms with van der Waals surface area (Å²) in [7, 11) is 0. The second kappa shape index (κ2) is 9.91. The number of benzene rings is 2. The third kappa shape index (κ3) is 5.66. The third-order valence-corrected chi connectivity index (χ3v) is 3.75. The van der Waals surface area contributed by atoms with Gasteiger partial charge in [0.05, 0.1) is 6.61 Å². The number of aliphatic hydroxyl groups is 1. The highest BCUT2D eigenvalue weighted by molar-refractivity contribution is 6.27. The van der Waals surface area contributed by atoms with Crippen LogP contribution in [-0.4, -0.2) is 36.1 Å². The van der Waals surface area contributed by atoms with E-state index in [2.05, 4.69) is 5.32 Å². The van der Waals surface area contributed by atoms with Crippen LogP contribution in [0.1, 0.15) is 18.6 Å². The first-order valence-electron chi connectivity index (χ1n) is 8.09. The van der Waals surface area contributed by atoms with Gasteiger partial charge in [-0.2, -0.15) is 0 Å². The number of rotatable bonds is 9. The summed E-state index contributed by atoms with van der Waals surface area (Å²) in [6.45, 7) is 2.43. The second-order valence-electron chi connectivity index (χ2n) is 5.33. The zero-order valence-corrected chi connectivity index (χ0v) is 14.8. The predicted molar refractivity (Wildman–Crippen MR) is 97.2 cm³/mol. The van der Waals surface area contributed by atoms with E-state index in [1.54, 1.807) is 6.07 Å². The molecule has 0 fully saturated rings. The Balaban J connectivity index is 2.22. The summed E-state index contributed by atoms with van der Waals surface area (Å²) in [4.78, 5) is 11.4. The number of aliphatic hydroxyl groups excluding tert-OH is 1. The number of halogens is 1. The van der Waals surface area contributed by atoms with Gasteiger partial charge in [0.15, 0.2) is 17.6 Å². The minimum atomic E-state index is -0.954. The molecule has 0 aliphatic carbocycles. The van der Waals surface area contributed by atoms with E-state index in [1.807, 2.05) is 55.5 Å². The van der Waals surface area contributed by atoms with Crippen molar-refractivity contribution in [1.29, 1.82) is 0 Å². The van der Waals surface area contributed by atoms with Crippen LogP contribution in [0.4, 0.5) is 0 Å². The molecular weight excluding hydrogens is 342 g/mol. The standard InChI is InChI=1S/C19H22ClNO4/c1-2-24-16-10-6-7-11-17(16)25-19(14-8-4-3-5-9-14)15(22)13-21-18(23)12-20/h3-11,15,19,22H,2,12-13H2,1H3,(H,21,23)/t15-,19+/m1/s1. The molecule has 2 aromatic carbocycles. The van der Waals surface area contributed by atoms with Crippen molar-refractivity contribution in [3.05, 3.63) is 60.2 Å². The SMILES string of the molecule is CCOc1ccccc1O[C@@H](c1ccccc1)[C@H](O)CNC(=O)CCl. The van der Waals surface area contributed by atoms with Gasteiger partial charge in [-0.3, -0.25) is 4.79 Å². The summed E-state index contributed by atoms with van der Waals surface area (Å²) < 4.78 is 11.6. The fraction of sp³-hybridized carbons (Fsp3) is 0.316. The maximum absolute atomic E-state index is 11.4. The summed E-state index contributed by atoms with van der Waals surface area (Å²) >= 11 is 5.48. The van der Waals surface area contributed by atoms with E-state index in [4.69, 9.17) is 21.1 Å². The van der Waals surface area contributed by atoms with Crippen molar-refractivity contribution in [2.75, 3.05) is 19.0 Å². The second-order valence-corrected chi connectivity index (χ2v) is 5.60. The van der Waals surface area contributed by atoms with Gasteiger partial charge in [0, 0.05) is 6.54 Å². The molecule has 2 N–H and O–H groups in total. The molecule has 25 heavy (non-hydrogen) atoms. The lowest BCUT2D eigenvalue weighted by Crippen LogP contribution is -2.37. The van der Waals surface area contributed by atoms with Crippen LogP contribution in [0, 0.1) is 0 Å². The fourth-order valence-electron chi connectivity index (χ4n) is 2.34. The highest BCUT2D eigenvalue weighted by atomic mass is 35.5. The number of nitrogens with one attached hydrogen (secondary N) is 1. The van der Waals surface area contributed by atoms with Crippen molar-refractivity contribution in [2.45, 2.75) is 19.1 Å². The number of para-hydroxylation sites is 2. The normalized spacial score (nSPS) is 12.9. The zero-order valence-electron chi connectivity index (χ0n) is 14.0. The van der Waals surface area contributed by atoms with Gasteiger partial charge < -0.3 is 19.9 Å². The van der Waals surface area contributed by atoms with E-state index in [0.29, 0.717) is 18.1 Å². The number of amides is 1. The molecule has 2 atom stereocenters. The van der Waals surface area contributed by atoms with Crippen molar-refractivity contribution >= 4 is 17.5 Å². The number of hydrogen-bond acceptors (Lipinski definition) is 4. The van der Waals surface area contributed by atoms with Gasteiger partial charge in [-0.15, -0.1) is 11.6 Å². The molecule has 0 heterocycles. The maximum atomic E-state index is 11.4. The van der Waals surface area contributed by atoms with Gasteiger partial charge in [-0.25, -0.2) is 0 Å². The highest BCUT2D eigenvalue weighted by Crippen LogP contribution is 2.32. The quantitative estimate of drug-likeness (QED) is 0.672. The fourth-order valence-corrected chi connectivity index (χ4v) is 2.44. The van der Waals surface area contributed by atoms with E-state index in [-0.39, 0.29) is 18.3 Å². The van der Waals surface area contributed by atoms with Gasteiger partial charge in [-0.05, 0) is 24.6 Å². The number of carbonyl (C=O) groups excluding carboxylic acids is 1. The van der Waals surface area contributed by atoms with E-state index >= 15 is 0 Å². The number of hydrogen-bond donors (Lipinski definition) is 2. The molecule has 0 bridgehead atoms. The van der Waals surface area contributed by atoms with Gasteiger partial charge in [0.2, 0.25) is 5.91 Å². The Hall–Kier alpha value is -2.24. The average molecular weight is 364 g/mol. The van der Waals surface area contributed by atoms with Crippen LogP contribution in [0.25, 0.3) is 0 Å². The molecule has 0 aromatic heterocycles. The molecule has 0 saturated heterocycles. The van der Waals surface area contributed by atoms with Crippen molar-refractivity contribution in [3.8, 4) is 11.5 Å². The van der Waals surface area contributed by atoms with Crippen LogP contribution in [0.5, 0.6) is 11.5 Å². The Labute approximate surface area is 152 Å². The summed E-state index contributed by atoms with van der Waals surface area (Å²) in [6, 6.07) is 16.6. The molecule has 2 aromatic rings. The van der Waals surface area contributed by atoms with Crippen LogP contribution in [0.3, 0.4) is 0 Å². The smallest absolute Gasteiger partial charge is 0.235 e. The molecule has 0 radical (unpaired) electrons. The molecule has 0 aliphatic rings. The largest absolute Gasteiger partial charge is 0.490 e. The van der Waals surface area contributed by atoms with Crippen LogP contribution >= 0.6 is 11.6 Å². The maximum Gasteiger partial charge on any atom is 0.235 e. The minimum absolute atomic E-state index is 0.0297. The molecule has 5 nitrogen and oxygen atoms in total. The van der Waals surface area contributed by atoms with Gasteiger partial charge in [-0.1, -0.05) is 42.5 Å². The minimum Gasteiger partial charge on any atom is -0.490 e. The van der Waals surface area contributed by atoms with E-state index in [9.17, 15) is 9.90 Å².